The normalized spacial score (nSPS) is 9.53. The van der Waals surface area contributed by atoms with Gasteiger partial charge in [-0.05, 0) is 36.4 Å². The highest BCUT2D eigenvalue weighted by atomic mass is 16.5. The second kappa shape index (κ2) is 6.31. The first-order valence-electron chi connectivity index (χ1n) is 5.78. The number of H-pyrrole nitrogens is 1. The summed E-state index contributed by atoms with van der Waals surface area (Å²) in [6.07, 6.45) is 0.0977. The number of esters is 1. The summed E-state index contributed by atoms with van der Waals surface area (Å²) in [5.74, 6) is 5.88. The molecule has 0 atom stereocenters. The van der Waals surface area contributed by atoms with E-state index in [1.807, 2.05) is 24.3 Å². The third-order valence-corrected chi connectivity index (χ3v) is 2.26. The summed E-state index contributed by atoms with van der Waals surface area (Å²) in [7, 11) is 0. The lowest BCUT2D eigenvalue weighted by molar-refractivity contribution is -0.141. The van der Waals surface area contributed by atoms with E-state index in [4.69, 9.17) is 4.74 Å². The molecule has 0 amide bonds. The van der Waals surface area contributed by atoms with Crippen LogP contribution in [0.2, 0.25) is 0 Å². The quantitative estimate of drug-likeness (QED) is 0.658. The van der Waals surface area contributed by atoms with E-state index in [0.717, 1.165) is 11.1 Å². The van der Waals surface area contributed by atoms with Crippen LogP contribution in [-0.4, -0.2) is 33.2 Å². The molecular weight excluding hydrogens is 244 g/mol. The highest BCUT2D eigenvalue weighted by Gasteiger charge is 2.01. The van der Waals surface area contributed by atoms with Gasteiger partial charge in [0.1, 0.15) is 6.42 Å². The molecule has 0 unspecified atom stereocenters. The fraction of sp³-hybridized carbons (Fsp3) is 0.231. The second-order valence-corrected chi connectivity index (χ2v) is 3.60. The Labute approximate surface area is 110 Å². The fourth-order valence-corrected chi connectivity index (χ4v) is 1.42. The number of nitrogens with zero attached hydrogens (tertiary/aromatic N) is 3. The van der Waals surface area contributed by atoms with Crippen LogP contribution in [0.25, 0.3) is 11.4 Å². The highest BCUT2D eigenvalue weighted by molar-refractivity contribution is 5.72. The Kier molecular flexibility index (Phi) is 4.24. The Hall–Kier alpha value is -2.68. The predicted molar refractivity (Wildman–Crippen MR) is 67.7 cm³/mol. The molecule has 0 saturated carbocycles. The third kappa shape index (κ3) is 3.64. The molecule has 2 rings (SSSR count). The van der Waals surface area contributed by atoms with Crippen LogP contribution >= 0.6 is 0 Å². The van der Waals surface area contributed by atoms with Gasteiger partial charge in [-0.25, -0.2) is 0 Å². The molecule has 1 N–H and O–H groups in total. The maximum Gasteiger partial charge on any atom is 0.317 e. The van der Waals surface area contributed by atoms with Crippen molar-refractivity contribution in [2.75, 3.05) is 6.61 Å². The van der Waals surface area contributed by atoms with Crippen LogP contribution < -0.4 is 0 Å². The monoisotopic (exact) mass is 256 g/mol. The van der Waals surface area contributed by atoms with E-state index in [9.17, 15) is 4.79 Å². The van der Waals surface area contributed by atoms with Crippen LogP contribution in [0, 0.1) is 11.8 Å². The number of carbonyl (C=O) groups is 1. The van der Waals surface area contributed by atoms with Crippen LogP contribution in [0.15, 0.2) is 24.3 Å². The number of hydrogen-bond acceptors (Lipinski definition) is 5. The van der Waals surface area contributed by atoms with Gasteiger partial charge >= 0.3 is 5.97 Å². The molecule has 0 saturated heterocycles. The van der Waals surface area contributed by atoms with Gasteiger partial charge in [-0.3, -0.25) is 4.79 Å². The van der Waals surface area contributed by atoms with Crippen molar-refractivity contribution in [1.29, 1.82) is 0 Å². The SMILES string of the molecule is CCOC(=O)CC#Cc1ccc(-c2nn[nH]n2)cc1. The first-order chi connectivity index (χ1) is 9.29. The number of benzene rings is 1. The van der Waals surface area contributed by atoms with Crippen molar-refractivity contribution >= 4 is 5.97 Å². The van der Waals surface area contributed by atoms with Crippen molar-refractivity contribution in [2.24, 2.45) is 0 Å². The lowest BCUT2D eigenvalue weighted by atomic mass is 10.1. The smallest absolute Gasteiger partial charge is 0.317 e. The molecule has 19 heavy (non-hydrogen) atoms. The lowest BCUT2D eigenvalue weighted by Crippen LogP contribution is -2.01. The zero-order chi connectivity index (χ0) is 13.5. The summed E-state index contributed by atoms with van der Waals surface area (Å²) in [5, 5.41) is 13.6. The Balaban J connectivity index is 2.00. The van der Waals surface area contributed by atoms with E-state index >= 15 is 0 Å². The minimum Gasteiger partial charge on any atom is -0.465 e. The summed E-state index contributed by atoms with van der Waals surface area (Å²) >= 11 is 0. The number of rotatable bonds is 3. The van der Waals surface area contributed by atoms with Crippen LogP contribution in [0.4, 0.5) is 0 Å². The molecule has 0 aliphatic carbocycles. The molecule has 2 aromatic rings. The van der Waals surface area contributed by atoms with Crippen molar-refractivity contribution in [2.45, 2.75) is 13.3 Å². The number of aromatic amines is 1. The third-order valence-electron chi connectivity index (χ3n) is 2.26. The Morgan fingerprint density at radius 3 is 2.79 bits per heavy atom. The Morgan fingerprint density at radius 2 is 2.16 bits per heavy atom. The van der Waals surface area contributed by atoms with Crippen molar-refractivity contribution in [3.05, 3.63) is 29.8 Å². The lowest BCUT2D eigenvalue weighted by Gasteiger charge is -1.95. The number of tetrazole rings is 1. The average Bonchev–Trinajstić information content (AvgIpc) is 2.94. The highest BCUT2D eigenvalue weighted by Crippen LogP contribution is 2.13. The molecule has 6 heteroatoms. The largest absolute Gasteiger partial charge is 0.465 e. The summed E-state index contributed by atoms with van der Waals surface area (Å²) in [6.45, 7) is 2.14. The van der Waals surface area contributed by atoms with Gasteiger partial charge < -0.3 is 4.74 Å². The number of carbonyl (C=O) groups excluding carboxylic acids is 1. The van der Waals surface area contributed by atoms with Gasteiger partial charge in [0.2, 0.25) is 5.82 Å². The second-order valence-electron chi connectivity index (χ2n) is 3.60. The summed E-state index contributed by atoms with van der Waals surface area (Å²) in [6, 6.07) is 7.37. The molecule has 1 aromatic heterocycles. The zero-order valence-electron chi connectivity index (χ0n) is 10.4. The molecule has 0 radical (unpaired) electrons. The van der Waals surface area contributed by atoms with E-state index in [0.29, 0.717) is 12.4 Å². The van der Waals surface area contributed by atoms with E-state index in [-0.39, 0.29) is 12.4 Å². The van der Waals surface area contributed by atoms with Crippen LogP contribution in [0.1, 0.15) is 18.9 Å². The predicted octanol–water partition coefficient (Wildman–Crippen LogP) is 1.17. The minimum absolute atomic E-state index is 0.0977. The number of aromatic nitrogens is 4. The van der Waals surface area contributed by atoms with Crippen molar-refractivity contribution in [3.8, 4) is 23.2 Å². The van der Waals surface area contributed by atoms with Crippen molar-refractivity contribution in [3.63, 3.8) is 0 Å². The van der Waals surface area contributed by atoms with Crippen LogP contribution in [0.3, 0.4) is 0 Å². The van der Waals surface area contributed by atoms with Gasteiger partial charge in [0.25, 0.3) is 0 Å². The van der Waals surface area contributed by atoms with Gasteiger partial charge in [-0.2, -0.15) is 5.21 Å². The van der Waals surface area contributed by atoms with E-state index in [1.165, 1.54) is 0 Å². The molecule has 0 spiro atoms. The maximum atomic E-state index is 11.1. The fourth-order valence-electron chi connectivity index (χ4n) is 1.42. The van der Waals surface area contributed by atoms with E-state index < -0.39 is 0 Å². The van der Waals surface area contributed by atoms with Crippen LogP contribution in [0.5, 0.6) is 0 Å². The van der Waals surface area contributed by atoms with Gasteiger partial charge in [0.15, 0.2) is 0 Å². The Morgan fingerprint density at radius 1 is 1.37 bits per heavy atom. The first-order valence-corrected chi connectivity index (χ1v) is 5.78. The van der Waals surface area contributed by atoms with Gasteiger partial charge in [-0.1, -0.05) is 11.8 Å². The Bertz CT molecular complexity index is 594. The van der Waals surface area contributed by atoms with Gasteiger partial charge in [0, 0.05) is 11.1 Å². The van der Waals surface area contributed by atoms with Crippen molar-refractivity contribution in [1.82, 2.24) is 20.6 Å². The van der Waals surface area contributed by atoms with Crippen LogP contribution in [-0.2, 0) is 9.53 Å². The number of nitrogens with one attached hydrogen (secondary N) is 1. The standard InChI is InChI=1S/C13H12N4O2/c1-2-19-12(18)5-3-4-10-6-8-11(9-7-10)13-14-16-17-15-13/h6-9H,2,5H2,1H3,(H,14,15,16,17). The molecule has 0 aliphatic heterocycles. The number of hydrogen-bond donors (Lipinski definition) is 1. The maximum absolute atomic E-state index is 11.1. The molecule has 0 fully saturated rings. The molecular formula is C13H12N4O2. The summed E-state index contributed by atoms with van der Waals surface area (Å²) < 4.78 is 4.78. The molecule has 96 valence electrons. The topological polar surface area (TPSA) is 80.8 Å². The first kappa shape index (κ1) is 12.8. The van der Waals surface area contributed by atoms with E-state index in [2.05, 4.69) is 32.5 Å². The molecule has 6 nitrogen and oxygen atoms in total. The molecule has 0 aliphatic rings. The molecule has 1 heterocycles. The van der Waals surface area contributed by atoms with Crippen molar-refractivity contribution < 1.29 is 9.53 Å². The average molecular weight is 256 g/mol. The number of ether oxygens (including phenoxy) is 1. The molecule has 0 bridgehead atoms. The zero-order valence-corrected chi connectivity index (χ0v) is 10.4. The van der Waals surface area contributed by atoms with Gasteiger partial charge in [-0.15, -0.1) is 10.2 Å². The van der Waals surface area contributed by atoms with E-state index in [1.54, 1.807) is 6.92 Å². The summed E-state index contributed by atoms with van der Waals surface area (Å²) in [4.78, 5) is 11.1. The van der Waals surface area contributed by atoms with Gasteiger partial charge in [0.05, 0.1) is 6.61 Å². The summed E-state index contributed by atoms with van der Waals surface area (Å²) in [5.41, 5.74) is 1.67. The minimum atomic E-state index is -0.307. The molecule has 1 aromatic carbocycles.